The van der Waals surface area contributed by atoms with Crippen molar-refractivity contribution in [2.24, 2.45) is 0 Å². The minimum atomic E-state index is -1.10. The van der Waals surface area contributed by atoms with E-state index in [1.54, 1.807) is 18.2 Å². The van der Waals surface area contributed by atoms with Crippen LogP contribution >= 0.6 is 11.6 Å². The van der Waals surface area contributed by atoms with Gasteiger partial charge >= 0.3 is 12.0 Å². The van der Waals surface area contributed by atoms with Crippen molar-refractivity contribution in [3.8, 4) is 6.01 Å². The zero-order valence-corrected chi connectivity index (χ0v) is 15.4. The van der Waals surface area contributed by atoms with Gasteiger partial charge in [0.1, 0.15) is 0 Å². The Morgan fingerprint density at radius 1 is 1.07 bits per heavy atom. The van der Waals surface area contributed by atoms with Crippen molar-refractivity contribution in [3.05, 3.63) is 52.5 Å². The molecule has 0 aliphatic carbocycles. The van der Waals surface area contributed by atoms with Crippen molar-refractivity contribution in [1.29, 1.82) is 0 Å². The summed E-state index contributed by atoms with van der Waals surface area (Å²) in [4.78, 5) is 34.3. The van der Waals surface area contributed by atoms with Crippen LogP contribution in [0.5, 0.6) is 6.01 Å². The number of carbonyl (C=O) groups excluding carboxylic acids is 1. The first kappa shape index (κ1) is 18.4. The fourth-order valence-electron chi connectivity index (χ4n) is 2.78. The van der Waals surface area contributed by atoms with Crippen molar-refractivity contribution < 1.29 is 19.8 Å². The highest BCUT2D eigenvalue weighted by atomic mass is 35.5. The van der Waals surface area contributed by atoms with Gasteiger partial charge in [-0.25, -0.2) is 4.79 Å². The maximum absolute atomic E-state index is 11.5. The normalized spacial score (nSPS) is 12.2. The lowest BCUT2D eigenvalue weighted by Crippen LogP contribution is -2.04. The van der Waals surface area contributed by atoms with E-state index in [9.17, 15) is 14.7 Å². The van der Waals surface area contributed by atoms with E-state index in [0.717, 1.165) is 11.3 Å². The molecule has 0 unspecified atom stereocenters. The molecule has 2 aromatic carbocycles. The van der Waals surface area contributed by atoms with Crippen molar-refractivity contribution in [2.75, 3.05) is 16.0 Å². The van der Waals surface area contributed by atoms with E-state index in [2.05, 4.69) is 30.9 Å². The van der Waals surface area contributed by atoms with Crippen LogP contribution in [0.1, 0.15) is 15.9 Å². The average Bonchev–Trinajstić information content (AvgIpc) is 3.02. The molecule has 0 bridgehead atoms. The molecular formula is C18H13ClN6O4. The first-order valence-corrected chi connectivity index (χ1v) is 8.70. The number of nitrogens with one attached hydrogen (secondary N) is 3. The lowest BCUT2D eigenvalue weighted by atomic mass is 10.1. The maximum atomic E-state index is 11.5. The van der Waals surface area contributed by atoms with Crippen molar-refractivity contribution >= 4 is 52.4 Å². The van der Waals surface area contributed by atoms with Crippen LogP contribution in [0.25, 0.3) is 0 Å². The van der Waals surface area contributed by atoms with Crippen LogP contribution in [0, 0.1) is 0 Å². The summed E-state index contributed by atoms with van der Waals surface area (Å²) in [5, 5.41) is 27.5. The van der Waals surface area contributed by atoms with Gasteiger partial charge in [-0.15, -0.1) is 0 Å². The maximum Gasteiger partial charge on any atom is 0.335 e. The molecule has 3 aromatic rings. The Labute approximate surface area is 168 Å². The van der Waals surface area contributed by atoms with Crippen LogP contribution in [0.15, 0.2) is 36.4 Å². The largest absolute Gasteiger partial charge is 0.479 e. The molecular weight excluding hydrogens is 400 g/mol. The minimum absolute atomic E-state index is 0.00276. The first-order chi connectivity index (χ1) is 13.9. The van der Waals surface area contributed by atoms with Crippen LogP contribution in [0.2, 0.25) is 5.02 Å². The second-order valence-corrected chi connectivity index (χ2v) is 6.54. The van der Waals surface area contributed by atoms with Gasteiger partial charge in [-0.05, 0) is 42.0 Å². The van der Waals surface area contributed by atoms with Crippen molar-refractivity contribution in [3.63, 3.8) is 0 Å². The van der Waals surface area contributed by atoms with Crippen LogP contribution in [0.3, 0.4) is 0 Å². The molecule has 4 rings (SSSR count). The molecule has 0 saturated carbocycles. The summed E-state index contributed by atoms with van der Waals surface area (Å²) in [5.74, 6) is -1.11. The minimum Gasteiger partial charge on any atom is -0.479 e. The molecule has 2 heterocycles. The zero-order valence-electron chi connectivity index (χ0n) is 14.6. The molecule has 29 heavy (non-hydrogen) atoms. The van der Waals surface area contributed by atoms with Gasteiger partial charge in [-0.2, -0.15) is 15.0 Å². The summed E-state index contributed by atoms with van der Waals surface area (Å²) >= 11 is 6.09. The second kappa shape index (κ2) is 7.24. The number of amides is 1. The summed E-state index contributed by atoms with van der Waals surface area (Å²) in [6, 6.07) is 8.86. The molecule has 1 aromatic heterocycles. The third-order valence-corrected chi connectivity index (χ3v) is 4.39. The van der Waals surface area contributed by atoms with Crippen LogP contribution in [-0.2, 0) is 11.2 Å². The molecule has 0 fully saturated rings. The third kappa shape index (κ3) is 4.01. The van der Waals surface area contributed by atoms with Crippen molar-refractivity contribution in [2.45, 2.75) is 6.42 Å². The predicted octanol–water partition coefficient (Wildman–Crippen LogP) is 2.91. The van der Waals surface area contributed by atoms with Gasteiger partial charge in [0.05, 0.1) is 22.7 Å². The average molecular weight is 413 g/mol. The number of fused-ring (bicyclic) bond motifs is 1. The molecule has 10 nitrogen and oxygen atoms in total. The highest BCUT2D eigenvalue weighted by molar-refractivity contribution is 6.33. The number of rotatable bonds is 5. The number of aromatic hydroxyl groups is 1. The number of nitrogens with zero attached hydrogens (tertiary/aromatic N) is 3. The number of carboxylic acid groups (broad SMARTS) is 1. The Balaban J connectivity index is 1.56. The number of carbonyl (C=O) groups is 2. The Hall–Kier alpha value is -3.92. The highest BCUT2D eigenvalue weighted by Crippen LogP contribution is 2.29. The highest BCUT2D eigenvalue weighted by Gasteiger charge is 2.18. The number of aromatic nitrogens is 3. The summed E-state index contributed by atoms with van der Waals surface area (Å²) in [6.07, 6.45) is 0.283. The number of anilines is 5. The molecule has 5 N–H and O–H groups in total. The molecule has 0 atom stereocenters. The van der Waals surface area contributed by atoms with E-state index in [-0.39, 0.29) is 34.8 Å². The van der Waals surface area contributed by atoms with Gasteiger partial charge in [0.25, 0.3) is 0 Å². The Morgan fingerprint density at radius 2 is 1.83 bits per heavy atom. The number of carboxylic acids is 1. The zero-order chi connectivity index (χ0) is 20.5. The lowest BCUT2D eigenvalue weighted by Gasteiger charge is -2.10. The molecule has 0 saturated heterocycles. The Morgan fingerprint density at radius 3 is 2.55 bits per heavy atom. The third-order valence-electron chi connectivity index (χ3n) is 4.07. The molecule has 1 aliphatic heterocycles. The van der Waals surface area contributed by atoms with Gasteiger partial charge in [0.2, 0.25) is 17.8 Å². The molecule has 146 valence electrons. The van der Waals surface area contributed by atoms with E-state index in [1.165, 1.54) is 18.2 Å². The van der Waals surface area contributed by atoms with E-state index >= 15 is 0 Å². The summed E-state index contributed by atoms with van der Waals surface area (Å²) in [7, 11) is 0. The predicted molar refractivity (Wildman–Crippen MR) is 105 cm³/mol. The van der Waals surface area contributed by atoms with E-state index in [4.69, 9.17) is 16.7 Å². The van der Waals surface area contributed by atoms with Gasteiger partial charge in [0.15, 0.2) is 0 Å². The summed E-state index contributed by atoms with van der Waals surface area (Å²) < 4.78 is 0. The molecule has 0 spiro atoms. The van der Waals surface area contributed by atoms with Gasteiger partial charge < -0.3 is 26.2 Å². The smallest absolute Gasteiger partial charge is 0.335 e. The van der Waals surface area contributed by atoms with Gasteiger partial charge in [0, 0.05) is 11.4 Å². The quantitative estimate of drug-likeness (QED) is 0.426. The number of hydrogen-bond donors (Lipinski definition) is 5. The van der Waals surface area contributed by atoms with Crippen LogP contribution in [-0.4, -0.2) is 37.0 Å². The monoisotopic (exact) mass is 412 g/mol. The van der Waals surface area contributed by atoms with Crippen molar-refractivity contribution in [1.82, 2.24) is 15.0 Å². The topological polar surface area (TPSA) is 149 Å². The SMILES string of the molecule is O=C1Cc2cc(Nc3nc(O)nc(Nc4ccc(C(=O)O)cc4Cl)n3)ccc2N1. The number of benzene rings is 2. The molecule has 1 aliphatic rings. The second-order valence-electron chi connectivity index (χ2n) is 6.13. The fourth-order valence-corrected chi connectivity index (χ4v) is 3.01. The molecule has 11 heteroatoms. The lowest BCUT2D eigenvalue weighted by molar-refractivity contribution is -0.115. The van der Waals surface area contributed by atoms with E-state index in [1.807, 2.05) is 0 Å². The summed E-state index contributed by atoms with van der Waals surface area (Å²) in [5.41, 5.74) is 2.60. The van der Waals surface area contributed by atoms with E-state index < -0.39 is 12.0 Å². The Kier molecular flexibility index (Phi) is 4.61. The standard InChI is InChI=1S/C18H13ClN6O4/c19-11-6-8(15(27)28)1-3-13(11)22-17-23-16(24-18(29)25-17)20-10-2-4-12-9(5-10)7-14(26)21-12/h1-6H,7H2,(H,21,26)(H,27,28)(H3,20,22,23,24,25,29). The van der Waals surface area contributed by atoms with Gasteiger partial charge in [-0.1, -0.05) is 11.6 Å². The fraction of sp³-hybridized carbons (Fsp3) is 0.0556. The van der Waals surface area contributed by atoms with Crippen LogP contribution < -0.4 is 16.0 Å². The number of halogens is 1. The molecule has 0 radical (unpaired) electrons. The van der Waals surface area contributed by atoms with Crippen LogP contribution in [0.4, 0.5) is 29.0 Å². The first-order valence-electron chi connectivity index (χ1n) is 8.32. The van der Waals surface area contributed by atoms with Gasteiger partial charge in [-0.3, -0.25) is 4.79 Å². The summed E-state index contributed by atoms with van der Waals surface area (Å²) in [6.45, 7) is 0. The Bertz CT molecular complexity index is 1150. The number of hydrogen-bond acceptors (Lipinski definition) is 8. The molecule has 1 amide bonds. The number of aromatic carboxylic acids is 1. The van der Waals surface area contributed by atoms with E-state index in [0.29, 0.717) is 11.4 Å².